The third-order valence-electron chi connectivity index (χ3n) is 5.45. The summed E-state index contributed by atoms with van der Waals surface area (Å²) in [6.45, 7) is 1.07. The molecule has 7 nitrogen and oxygen atoms in total. The molecule has 0 fully saturated rings. The molecular weight excluding hydrogens is 430 g/mol. The number of rotatable bonds is 10. The zero-order valence-electron chi connectivity index (χ0n) is 19.3. The van der Waals surface area contributed by atoms with E-state index in [1.807, 2.05) is 71.6 Å². The zero-order valence-corrected chi connectivity index (χ0v) is 19.3. The molecule has 0 unspecified atom stereocenters. The van der Waals surface area contributed by atoms with E-state index in [0.29, 0.717) is 42.7 Å². The van der Waals surface area contributed by atoms with Crippen molar-refractivity contribution in [1.29, 1.82) is 0 Å². The highest BCUT2D eigenvalue weighted by Crippen LogP contribution is 2.31. The Morgan fingerprint density at radius 2 is 1.47 bits per heavy atom. The van der Waals surface area contributed by atoms with E-state index in [1.54, 1.807) is 26.4 Å². The summed E-state index contributed by atoms with van der Waals surface area (Å²) in [5.74, 6) is 2.08. The first-order valence-electron chi connectivity index (χ1n) is 11.1. The van der Waals surface area contributed by atoms with Crippen molar-refractivity contribution in [2.24, 2.45) is 0 Å². The van der Waals surface area contributed by atoms with Gasteiger partial charge in [-0.25, -0.2) is 0 Å². The number of hydrogen-bond donors (Lipinski definition) is 0. The van der Waals surface area contributed by atoms with Crippen molar-refractivity contribution in [2.75, 3.05) is 14.2 Å². The molecule has 0 spiro atoms. The Morgan fingerprint density at radius 3 is 2.06 bits per heavy atom. The molecule has 0 atom stereocenters. The molecule has 0 N–H and O–H groups in total. The quantitative estimate of drug-likeness (QED) is 0.337. The predicted octanol–water partition coefficient (Wildman–Crippen LogP) is 4.92. The normalized spacial score (nSPS) is 10.6. The molecule has 174 valence electrons. The lowest BCUT2D eigenvalue weighted by Gasteiger charge is -2.23. The molecule has 1 amide bonds. The monoisotopic (exact) mass is 457 g/mol. The highest BCUT2D eigenvalue weighted by atomic mass is 16.5. The predicted molar refractivity (Wildman–Crippen MR) is 128 cm³/mol. The summed E-state index contributed by atoms with van der Waals surface area (Å²) in [4.78, 5) is 19.5. The Kier molecular flexibility index (Phi) is 7.55. The van der Waals surface area contributed by atoms with E-state index in [4.69, 9.17) is 14.0 Å². The molecule has 0 saturated heterocycles. The fourth-order valence-corrected chi connectivity index (χ4v) is 3.66. The van der Waals surface area contributed by atoms with Crippen LogP contribution in [-0.4, -0.2) is 35.2 Å². The Balaban J connectivity index is 1.44. The van der Waals surface area contributed by atoms with Crippen LogP contribution in [0.2, 0.25) is 0 Å². The molecule has 0 bridgehead atoms. The molecule has 0 radical (unpaired) electrons. The van der Waals surface area contributed by atoms with Crippen molar-refractivity contribution in [3.05, 3.63) is 95.9 Å². The Bertz CT molecular complexity index is 1170. The Hall–Kier alpha value is -4.13. The fraction of sp³-hybridized carbons (Fsp3) is 0.222. The summed E-state index contributed by atoms with van der Waals surface area (Å²) < 4.78 is 16.0. The number of nitrogens with zero attached hydrogens (tertiary/aromatic N) is 3. The zero-order chi connectivity index (χ0) is 23.8. The van der Waals surface area contributed by atoms with Gasteiger partial charge in [0, 0.05) is 31.5 Å². The van der Waals surface area contributed by atoms with Crippen molar-refractivity contribution in [1.82, 2.24) is 15.0 Å². The van der Waals surface area contributed by atoms with Crippen LogP contribution in [0.1, 0.15) is 23.4 Å². The van der Waals surface area contributed by atoms with Crippen molar-refractivity contribution < 1.29 is 18.8 Å². The summed E-state index contributed by atoms with van der Waals surface area (Å²) >= 11 is 0. The number of aryl methyl sites for hydroxylation is 1. The number of hydrogen-bond acceptors (Lipinski definition) is 6. The van der Waals surface area contributed by atoms with Crippen LogP contribution in [0.5, 0.6) is 11.5 Å². The van der Waals surface area contributed by atoms with E-state index in [0.717, 1.165) is 16.7 Å². The van der Waals surface area contributed by atoms with Crippen LogP contribution in [0, 0.1) is 0 Å². The van der Waals surface area contributed by atoms with Crippen LogP contribution in [0.3, 0.4) is 0 Å². The Morgan fingerprint density at radius 1 is 0.853 bits per heavy atom. The first kappa shape index (κ1) is 23.0. The molecule has 0 aliphatic heterocycles. The average Bonchev–Trinajstić information content (AvgIpc) is 3.37. The molecule has 3 aromatic carbocycles. The lowest BCUT2D eigenvalue weighted by atomic mass is 10.1. The maximum Gasteiger partial charge on any atom is 0.227 e. The number of methoxy groups -OCH3 is 2. The van der Waals surface area contributed by atoms with Gasteiger partial charge < -0.3 is 18.9 Å². The highest BCUT2D eigenvalue weighted by molar-refractivity contribution is 5.76. The largest absolute Gasteiger partial charge is 0.493 e. The van der Waals surface area contributed by atoms with E-state index in [2.05, 4.69) is 10.1 Å². The van der Waals surface area contributed by atoms with Crippen LogP contribution in [0.15, 0.2) is 83.4 Å². The van der Waals surface area contributed by atoms with Crippen LogP contribution in [-0.2, 0) is 24.3 Å². The van der Waals surface area contributed by atoms with Gasteiger partial charge in [0.05, 0.1) is 14.2 Å². The minimum atomic E-state index is 0.0265. The average molecular weight is 458 g/mol. The van der Waals surface area contributed by atoms with Gasteiger partial charge in [0.25, 0.3) is 0 Å². The van der Waals surface area contributed by atoms with E-state index >= 15 is 0 Å². The fourth-order valence-electron chi connectivity index (χ4n) is 3.66. The minimum absolute atomic E-state index is 0.0265. The molecule has 0 aliphatic carbocycles. The number of aromatic nitrogens is 2. The summed E-state index contributed by atoms with van der Waals surface area (Å²) in [5, 5.41) is 4.07. The van der Waals surface area contributed by atoms with Gasteiger partial charge in [-0.15, -0.1) is 0 Å². The van der Waals surface area contributed by atoms with Crippen LogP contribution in [0.25, 0.3) is 11.4 Å². The maximum atomic E-state index is 13.2. The lowest BCUT2D eigenvalue weighted by Crippen LogP contribution is -2.30. The summed E-state index contributed by atoms with van der Waals surface area (Å²) in [5.41, 5.74) is 2.91. The summed E-state index contributed by atoms with van der Waals surface area (Å²) in [6.07, 6.45) is 0.631. The second-order valence-corrected chi connectivity index (χ2v) is 7.80. The van der Waals surface area contributed by atoms with Gasteiger partial charge in [0.15, 0.2) is 11.5 Å². The SMILES string of the molecule is COc1ccc(-c2noc(CCC(=O)N(Cc3ccccc3)Cc3ccccc3)n2)cc1OC. The van der Waals surface area contributed by atoms with Crippen molar-refractivity contribution in [2.45, 2.75) is 25.9 Å². The topological polar surface area (TPSA) is 77.7 Å². The van der Waals surface area contributed by atoms with Gasteiger partial charge in [0.1, 0.15) is 0 Å². The summed E-state index contributed by atoms with van der Waals surface area (Å²) in [6, 6.07) is 25.4. The van der Waals surface area contributed by atoms with Crippen molar-refractivity contribution >= 4 is 5.91 Å². The smallest absolute Gasteiger partial charge is 0.227 e. The van der Waals surface area contributed by atoms with E-state index in [1.165, 1.54) is 0 Å². The minimum Gasteiger partial charge on any atom is -0.493 e. The molecule has 1 heterocycles. The number of benzene rings is 3. The molecule has 1 aromatic heterocycles. The van der Waals surface area contributed by atoms with Crippen LogP contribution < -0.4 is 9.47 Å². The van der Waals surface area contributed by atoms with Crippen molar-refractivity contribution in [3.63, 3.8) is 0 Å². The number of ether oxygens (including phenoxy) is 2. The maximum absolute atomic E-state index is 13.2. The molecule has 0 aliphatic rings. The van der Waals surface area contributed by atoms with Gasteiger partial charge in [-0.2, -0.15) is 4.98 Å². The third-order valence-corrected chi connectivity index (χ3v) is 5.45. The third kappa shape index (κ3) is 5.81. The van der Waals surface area contributed by atoms with Crippen LogP contribution >= 0.6 is 0 Å². The number of carbonyl (C=O) groups excluding carboxylic acids is 1. The Labute approximate surface area is 198 Å². The van der Waals surface area contributed by atoms with Gasteiger partial charge in [0.2, 0.25) is 17.6 Å². The molecular formula is C27H27N3O4. The van der Waals surface area contributed by atoms with Gasteiger partial charge in [-0.05, 0) is 29.3 Å². The second kappa shape index (κ2) is 11.1. The first-order chi connectivity index (χ1) is 16.7. The molecule has 4 aromatic rings. The van der Waals surface area contributed by atoms with E-state index in [-0.39, 0.29) is 12.3 Å². The lowest BCUT2D eigenvalue weighted by molar-refractivity contribution is -0.132. The molecule has 7 heteroatoms. The van der Waals surface area contributed by atoms with Gasteiger partial charge in [-0.1, -0.05) is 65.8 Å². The first-order valence-corrected chi connectivity index (χ1v) is 11.1. The van der Waals surface area contributed by atoms with Gasteiger partial charge in [-0.3, -0.25) is 4.79 Å². The molecule has 4 rings (SSSR count). The second-order valence-electron chi connectivity index (χ2n) is 7.80. The molecule has 34 heavy (non-hydrogen) atoms. The van der Waals surface area contributed by atoms with E-state index in [9.17, 15) is 4.79 Å². The van der Waals surface area contributed by atoms with Crippen LogP contribution in [0.4, 0.5) is 0 Å². The summed E-state index contributed by atoms with van der Waals surface area (Å²) in [7, 11) is 3.16. The number of carbonyl (C=O) groups is 1. The van der Waals surface area contributed by atoms with Gasteiger partial charge >= 0.3 is 0 Å². The van der Waals surface area contributed by atoms with E-state index < -0.39 is 0 Å². The van der Waals surface area contributed by atoms with Crippen molar-refractivity contribution in [3.8, 4) is 22.9 Å². The standard InChI is InChI=1S/C27H27N3O4/c1-32-23-14-13-22(17-24(23)33-2)27-28-25(34-29-27)15-16-26(31)30(18-20-9-5-3-6-10-20)19-21-11-7-4-8-12-21/h3-14,17H,15-16,18-19H2,1-2H3. The highest BCUT2D eigenvalue weighted by Gasteiger charge is 2.18. The molecule has 0 saturated carbocycles. The number of amides is 1.